The molecule has 2 fully saturated rings. The van der Waals surface area contributed by atoms with E-state index in [2.05, 4.69) is 77.8 Å². The Morgan fingerprint density at radius 1 is 1.03 bits per heavy atom. The van der Waals surface area contributed by atoms with E-state index >= 15 is 0 Å². The van der Waals surface area contributed by atoms with Crippen LogP contribution >= 0.6 is 0 Å². The molecule has 1 aromatic rings. The fraction of sp³-hybridized carbons (Fsp3) is 0.611. The highest BCUT2D eigenvalue weighted by molar-refractivity contribution is 5.86. The van der Waals surface area contributed by atoms with Crippen LogP contribution in [-0.4, -0.2) is 12.1 Å². The van der Waals surface area contributed by atoms with E-state index in [-0.39, 0.29) is 29.1 Å². The third kappa shape index (κ3) is 7.90. The smallest absolute Gasteiger partial charge is 0.145 e. The number of carbonyl (C=O) groups is 2. The van der Waals surface area contributed by atoms with E-state index in [1.807, 2.05) is 0 Å². The lowest BCUT2D eigenvalue weighted by atomic mass is 9.55. The summed E-state index contributed by atoms with van der Waals surface area (Å²) in [5, 5.41) is 0. The van der Waals surface area contributed by atoms with Gasteiger partial charge in [-0.1, -0.05) is 115 Å². The van der Waals surface area contributed by atoms with Crippen molar-refractivity contribution >= 4 is 12.1 Å². The van der Waals surface area contributed by atoms with Crippen molar-refractivity contribution in [2.75, 3.05) is 0 Å². The first-order valence-electron chi connectivity index (χ1n) is 15.1. The highest BCUT2D eigenvalue weighted by Gasteiger charge is 2.49. The normalized spacial score (nSPS) is 23.6. The van der Waals surface area contributed by atoms with Gasteiger partial charge in [0.15, 0.2) is 0 Å². The standard InChI is InChI=1S/C36H52O2/c1-8-15-30(27(4)24-37)21-26(3)34-31(28-16-11-9-12-17-28)22-33(34)35(38)32(29-18-13-10-14-19-29)20-25(2)23-36(5,6)7/h9,11-12,16-17,24,29-34H,2-4,8,10,13-15,18-23H2,1,5-7H3. The molecular weight excluding hydrogens is 464 g/mol. The molecule has 3 rings (SSSR count). The first-order chi connectivity index (χ1) is 18.1. The van der Waals surface area contributed by atoms with Crippen LogP contribution in [0.4, 0.5) is 0 Å². The molecule has 2 heteroatoms. The molecule has 0 aliphatic heterocycles. The van der Waals surface area contributed by atoms with Crippen LogP contribution in [0.25, 0.3) is 0 Å². The van der Waals surface area contributed by atoms with Gasteiger partial charge < -0.3 is 0 Å². The summed E-state index contributed by atoms with van der Waals surface area (Å²) in [6, 6.07) is 10.6. The Kier molecular flexibility index (Phi) is 10.9. The monoisotopic (exact) mass is 516 g/mol. The summed E-state index contributed by atoms with van der Waals surface area (Å²) in [4.78, 5) is 26.1. The maximum atomic E-state index is 14.5. The average molecular weight is 517 g/mol. The van der Waals surface area contributed by atoms with Crippen molar-refractivity contribution in [2.24, 2.45) is 35.0 Å². The van der Waals surface area contributed by atoms with Crippen molar-refractivity contribution in [2.45, 2.75) is 104 Å². The van der Waals surface area contributed by atoms with E-state index in [4.69, 9.17) is 0 Å². The largest absolute Gasteiger partial charge is 0.299 e. The molecule has 2 aliphatic rings. The lowest BCUT2D eigenvalue weighted by molar-refractivity contribution is -0.134. The van der Waals surface area contributed by atoms with Crippen molar-refractivity contribution < 1.29 is 9.59 Å². The van der Waals surface area contributed by atoms with Crippen LogP contribution in [0.3, 0.4) is 0 Å². The van der Waals surface area contributed by atoms with Gasteiger partial charge in [0.1, 0.15) is 12.1 Å². The summed E-state index contributed by atoms with van der Waals surface area (Å²) in [6.45, 7) is 22.0. The number of hydrogen-bond acceptors (Lipinski definition) is 2. The zero-order valence-electron chi connectivity index (χ0n) is 24.6. The maximum Gasteiger partial charge on any atom is 0.145 e. The number of allylic oxidation sites excluding steroid dienone is 3. The lowest BCUT2D eigenvalue weighted by Gasteiger charge is -2.48. The molecule has 208 valence electrons. The number of benzene rings is 1. The van der Waals surface area contributed by atoms with Gasteiger partial charge in [0.05, 0.1) is 0 Å². The number of rotatable bonds is 14. The third-order valence-corrected chi connectivity index (χ3v) is 9.13. The van der Waals surface area contributed by atoms with Gasteiger partial charge >= 0.3 is 0 Å². The SMILES string of the molecule is C=C(CC(C(=O)C1CC(c2ccccc2)C1C(=C)CC(CCC)C(=C)C=O)C1CCCCC1)CC(C)(C)C. The molecule has 2 nitrogen and oxygen atoms in total. The highest BCUT2D eigenvalue weighted by atomic mass is 16.1. The lowest BCUT2D eigenvalue weighted by Crippen LogP contribution is -2.45. The fourth-order valence-corrected chi connectivity index (χ4v) is 7.32. The van der Waals surface area contributed by atoms with E-state index in [1.54, 1.807) is 0 Å². The van der Waals surface area contributed by atoms with Gasteiger partial charge in [-0.05, 0) is 85.2 Å². The molecule has 5 atom stereocenters. The molecule has 5 unspecified atom stereocenters. The van der Waals surface area contributed by atoms with Gasteiger partial charge in [-0.2, -0.15) is 0 Å². The Hall–Kier alpha value is -2.22. The summed E-state index contributed by atoms with van der Waals surface area (Å²) < 4.78 is 0. The van der Waals surface area contributed by atoms with Crippen LogP contribution < -0.4 is 0 Å². The van der Waals surface area contributed by atoms with Crippen molar-refractivity contribution in [3.8, 4) is 0 Å². The van der Waals surface area contributed by atoms with Gasteiger partial charge in [0.25, 0.3) is 0 Å². The van der Waals surface area contributed by atoms with Crippen LogP contribution in [-0.2, 0) is 9.59 Å². The summed E-state index contributed by atoms with van der Waals surface area (Å²) in [7, 11) is 0. The summed E-state index contributed by atoms with van der Waals surface area (Å²) >= 11 is 0. The maximum absolute atomic E-state index is 14.5. The first kappa shape index (κ1) is 30.3. The second-order valence-corrected chi connectivity index (χ2v) is 13.5. The third-order valence-electron chi connectivity index (χ3n) is 9.13. The molecule has 0 heterocycles. The first-order valence-corrected chi connectivity index (χ1v) is 15.1. The second-order valence-electron chi connectivity index (χ2n) is 13.5. The number of aldehydes is 1. The topological polar surface area (TPSA) is 34.1 Å². The Balaban J connectivity index is 1.87. The summed E-state index contributed by atoms with van der Waals surface area (Å²) in [6.07, 6.45) is 12.4. The van der Waals surface area contributed by atoms with Gasteiger partial charge in [0.2, 0.25) is 0 Å². The minimum Gasteiger partial charge on any atom is -0.299 e. The van der Waals surface area contributed by atoms with Gasteiger partial charge in [-0.25, -0.2) is 0 Å². The predicted octanol–water partition coefficient (Wildman–Crippen LogP) is 9.67. The second kappa shape index (κ2) is 13.7. The van der Waals surface area contributed by atoms with Gasteiger partial charge in [-0.15, -0.1) is 0 Å². The summed E-state index contributed by atoms with van der Waals surface area (Å²) in [5.41, 5.74) is 4.49. The van der Waals surface area contributed by atoms with E-state index in [9.17, 15) is 9.59 Å². The number of Topliss-reactive ketones (excluding diaryl/α,β-unsaturated/α-hetero) is 1. The molecule has 0 spiro atoms. The summed E-state index contributed by atoms with van der Waals surface area (Å²) in [5.74, 6) is 1.55. The van der Waals surface area contributed by atoms with Crippen molar-refractivity contribution in [3.63, 3.8) is 0 Å². The van der Waals surface area contributed by atoms with Crippen molar-refractivity contribution in [3.05, 3.63) is 72.4 Å². The fourth-order valence-electron chi connectivity index (χ4n) is 7.32. The van der Waals surface area contributed by atoms with Crippen LogP contribution in [0, 0.1) is 35.0 Å². The zero-order chi connectivity index (χ0) is 27.9. The van der Waals surface area contributed by atoms with Crippen LogP contribution in [0.5, 0.6) is 0 Å². The van der Waals surface area contributed by atoms with Crippen molar-refractivity contribution in [1.82, 2.24) is 0 Å². The van der Waals surface area contributed by atoms with Crippen LogP contribution in [0.1, 0.15) is 110 Å². The minimum absolute atomic E-state index is 0.00819. The van der Waals surface area contributed by atoms with Gasteiger partial charge in [0, 0.05) is 11.8 Å². The van der Waals surface area contributed by atoms with E-state index in [0.29, 0.717) is 23.2 Å². The van der Waals surface area contributed by atoms with Gasteiger partial charge in [-0.3, -0.25) is 9.59 Å². The zero-order valence-corrected chi connectivity index (χ0v) is 24.6. The average Bonchev–Trinajstić information content (AvgIpc) is 2.86. The molecule has 2 saturated carbocycles. The van der Waals surface area contributed by atoms with E-state index < -0.39 is 0 Å². The number of hydrogen-bond donors (Lipinski definition) is 0. The molecule has 1 aromatic carbocycles. The molecule has 2 aliphatic carbocycles. The predicted molar refractivity (Wildman–Crippen MR) is 161 cm³/mol. The minimum atomic E-state index is 0.00819. The molecular formula is C36H52O2. The number of ketones is 1. The van der Waals surface area contributed by atoms with E-state index in [0.717, 1.165) is 63.2 Å². The quantitative estimate of drug-likeness (QED) is 0.140. The number of carbonyl (C=O) groups excluding carboxylic acids is 2. The Morgan fingerprint density at radius 3 is 2.26 bits per heavy atom. The molecule has 0 bridgehead atoms. The molecule has 0 amide bonds. The van der Waals surface area contributed by atoms with E-state index in [1.165, 1.54) is 30.4 Å². The molecule has 38 heavy (non-hydrogen) atoms. The Bertz CT molecular complexity index is 972. The van der Waals surface area contributed by atoms with Crippen molar-refractivity contribution in [1.29, 1.82) is 0 Å². The molecule has 0 aromatic heterocycles. The Morgan fingerprint density at radius 2 is 1.68 bits per heavy atom. The molecule has 0 saturated heterocycles. The molecule has 0 radical (unpaired) electrons. The highest BCUT2D eigenvalue weighted by Crippen LogP contribution is 2.54. The Labute approximate surface area is 233 Å². The van der Waals surface area contributed by atoms with Crippen LogP contribution in [0.2, 0.25) is 0 Å². The van der Waals surface area contributed by atoms with Crippen LogP contribution in [0.15, 0.2) is 66.8 Å². The molecule has 0 N–H and O–H groups in total.